The van der Waals surface area contributed by atoms with Gasteiger partial charge in [0.25, 0.3) is 0 Å². The number of rotatable bonds is 6. The van der Waals surface area contributed by atoms with Gasteiger partial charge in [0.05, 0.1) is 6.10 Å². The summed E-state index contributed by atoms with van der Waals surface area (Å²) in [7, 11) is 0. The van der Waals surface area contributed by atoms with E-state index >= 15 is 0 Å². The Kier molecular flexibility index (Phi) is 5.00. The first-order valence-electron chi connectivity index (χ1n) is 5.03. The summed E-state index contributed by atoms with van der Waals surface area (Å²) in [4.78, 5) is 15.8. The molecule has 0 fully saturated rings. The molecule has 9 heteroatoms. The molecule has 0 saturated carbocycles. The van der Waals surface area contributed by atoms with Crippen LogP contribution in [0.1, 0.15) is 18.1 Å². The molecule has 0 saturated heterocycles. The van der Waals surface area contributed by atoms with Gasteiger partial charge >= 0.3 is 5.82 Å². The van der Waals surface area contributed by atoms with Gasteiger partial charge in [0.2, 0.25) is 0 Å². The highest BCUT2D eigenvalue weighted by atomic mass is 16.6. The van der Waals surface area contributed by atoms with E-state index in [9.17, 15) is 20.3 Å². The molecule has 0 aliphatic carbocycles. The predicted molar refractivity (Wildman–Crippen MR) is 60.5 cm³/mol. The Morgan fingerprint density at radius 3 is 2.78 bits per heavy atom. The van der Waals surface area contributed by atoms with Crippen LogP contribution in [0.3, 0.4) is 0 Å². The van der Waals surface area contributed by atoms with Gasteiger partial charge in [-0.05, 0) is 27.9 Å². The molecule has 0 aliphatic rings. The van der Waals surface area contributed by atoms with Gasteiger partial charge in [-0.15, -0.1) is 0 Å². The van der Waals surface area contributed by atoms with E-state index in [-0.39, 0.29) is 24.3 Å². The van der Waals surface area contributed by atoms with E-state index in [4.69, 9.17) is 5.53 Å². The van der Waals surface area contributed by atoms with Crippen LogP contribution in [0.25, 0.3) is 10.4 Å². The Hall–Kier alpha value is -2.22. The molecular formula is C9H11N5O4. The molecule has 0 aromatic carbocycles. The zero-order valence-electron chi connectivity index (χ0n) is 9.25. The van der Waals surface area contributed by atoms with Gasteiger partial charge in [-0.2, -0.15) is 0 Å². The molecule has 2 N–H and O–H groups in total. The van der Waals surface area contributed by atoms with Crippen LogP contribution >= 0.6 is 0 Å². The zero-order chi connectivity index (χ0) is 13.5. The maximum Gasteiger partial charge on any atom is 0.363 e. The van der Waals surface area contributed by atoms with Crippen molar-refractivity contribution in [3.63, 3.8) is 0 Å². The number of azide groups is 1. The Labute approximate surface area is 101 Å². The second-order valence-electron chi connectivity index (χ2n) is 3.46. The van der Waals surface area contributed by atoms with Gasteiger partial charge in [-0.25, -0.2) is 0 Å². The molecule has 1 aromatic heterocycles. The van der Waals surface area contributed by atoms with Crippen molar-refractivity contribution in [1.29, 1.82) is 0 Å². The topological polar surface area (TPSA) is 145 Å². The fourth-order valence-corrected chi connectivity index (χ4v) is 1.30. The molecule has 0 aliphatic heterocycles. The molecule has 0 radical (unpaired) electrons. The molecule has 1 aromatic rings. The third-order valence-corrected chi connectivity index (χ3v) is 2.25. The second kappa shape index (κ2) is 6.50. The highest BCUT2D eigenvalue weighted by molar-refractivity contribution is 5.24. The fraction of sp³-hybridized carbons (Fsp3) is 0.444. The van der Waals surface area contributed by atoms with Gasteiger partial charge in [-0.3, -0.25) is 0 Å². The minimum absolute atomic E-state index is 0.0507. The van der Waals surface area contributed by atoms with Crippen molar-refractivity contribution in [2.45, 2.75) is 18.6 Å². The standard InChI is InChI=1S/C9H11N5O4/c10-13-12-4-3-7(15)9(16)6-1-2-8(11-5-6)14(17)18/h1-2,5,7,9,15-16H,3-4H2. The van der Waals surface area contributed by atoms with Gasteiger partial charge < -0.3 is 20.3 Å². The number of hydrogen-bond donors (Lipinski definition) is 2. The molecule has 9 nitrogen and oxygen atoms in total. The van der Waals surface area contributed by atoms with Crippen LogP contribution in [0.15, 0.2) is 23.4 Å². The molecule has 2 atom stereocenters. The Bertz CT molecular complexity index is 457. The fourth-order valence-electron chi connectivity index (χ4n) is 1.30. The third kappa shape index (κ3) is 3.67. The molecular weight excluding hydrogens is 242 g/mol. The minimum atomic E-state index is -1.23. The lowest BCUT2D eigenvalue weighted by Gasteiger charge is -2.15. The average Bonchev–Trinajstić information content (AvgIpc) is 2.38. The summed E-state index contributed by atoms with van der Waals surface area (Å²) in [5.41, 5.74) is 8.32. The average molecular weight is 253 g/mol. The Morgan fingerprint density at radius 1 is 1.56 bits per heavy atom. The summed E-state index contributed by atoms with van der Waals surface area (Å²) in [6.45, 7) is 0.0507. The third-order valence-electron chi connectivity index (χ3n) is 2.25. The van der Waals surface area contributed by atoms with E-state index in [1.807, 2.05) is 0 Å². The van der Waals surface area contributed by atoms with Crippen molar-refractivity contribution < 1.29 is 15.1 Å². The Balaban J connectivity index is 2.68. The number of nitro groups is 1. The maximum absolute atomic E-state index is 10.4. The summed E-state index contributed by atoms with van der Waals surface area (Å²) in [5, 5.41) is 32.9. The number of pyridine rings is 1. The van der Waals surface area contributed by atoms with Gasteiger partial charge in [0, 0.05) is 23.1 Å². The first-order valence-corrected chi connectivity index (χ1v) is 5.03. The van der Waals surface area contributed by atoms with Crippen molar-refractivity contribution in [3.05, 3.63) is 44.5 Å². The van der Waals surface area contributed by atoms with Gasteiger partial charge in [0.1, 0.15) is 12.3 Å². The van der Waals surface area contributed by atoms with Crippen LogP contribution < -0.4 is 0 Å². The molecule has 1 heterocycles. The van der Waals surface area contributed by atoms with Crippen molar-refractivity contribution in [1.82, 2.24) is 4.98 Å². The number of aliphatic hydroxyl groups excluding tert-OH is 2. The van der Waals surface area contributed by atoms with Crippen molar-refractivity contribution in [2.24, 2.45) is 5.11 Å². The number of aliphatic hydroxyl groups is 2. The van der Waals surface area contributed by atoms with E-state index < -0.39 is 17.1 Å². The SMILES string of the molecule is [N-]=[N+]=NCCC(O)C(O)c1ccc([N+](=O)[O-])nc1. The van der Waals surface area contributed by atoms with Crippen LogP contribution in [0.4, 0.5) is 5.82 Å². The lowest BCUT2D eigenvalue weighted by Crippen LogP contribution is -2.19. The summed E-state index contributed by atoms with van der Waals surface area (Å²) in [6, 6.07) is 2.45. The smallest absolute Gasteiger partial charge is 0.363 e. The number of hydrogen-bond acceptors (Lipinski definition) is 6. The van der Waals surface area contributed by atoms with Crippen molar-refractivity contribution >= 4 is 5.82 Å². The van der Waals surface area contributed by atoms with Crippen LogP contribution in [0, 0.1) is 10.1 Å². The van der Waals surface area contributed by atoms with E-state index in [1.54, 1.807) is 0 Å². The van der Waals surface area contributed by atoms with E-state index in [0.717, 1.165) is 12.3 Å². The van der Waals surface area contributed by atoms with Crippen LogP contribution in [0.2, 0.25) is 0 Å². The molecule has 2 unspecified atom stereocenters. The predicted octanol–water partition coefficient (Wildman–Crippen LogP) is 1.08. The van der Waals surface area contributed by atoms with Crippen LogP contribution in [-0.2, 0) is 0 Å². The minimum Gasteiger partial charge on any atom is -0.390 e. The molecule has 96 valence electrons. The molecule has 18 heavy (non-hydrogen) atoms. The van der Waals surface area contributed by atoms with E-state index in [2.05, 4.69) is 15.0 Å². The first-order chi connectivity index (χ1) is 8.56. The number of nitrogens with zero attached hydrogens (tertiary/aromatic N) is 5. The second-order valence-corrected chi connectivity index (χ2v) is 3.46. The molecule has 1 rings (SSSR count). The van der Waals surface area contributed by atoms with Crippen LogP contribution in [0.5, 0.6) is 0 Å². The van der Waals surface area contributed by atoms with Crippen molar-refractivity contribution in [2.75, 3.05) is 6.54 Å². The normalized spacial score (nSPS) is 13.4. The quantitative estimate of drug-likeness (QED) is 0.256. The largest absolute Gasteiger partial charge is 0.390 e. The monoisotopic (exact) mass is 253 g/mol. The Morgan fingerprint density at radius 2 is 2.28 bits per heavy atom. The van der Waals surface area contributed by atoms with Crippen LogP contribution in [-0.4, -0.2) is 32.8 Å². The zero-order valence-corrected chi connectivity index (χ0v) is 9.25. The van der Waals surface area contributed by atoms with Gasteiger partial charge in [-0.1, -0.05) is 5.11 Å². The summed E-state index contributed by atoms with van der Waals surface area (Å²) < 4.78 is 0. The highest BCUT2D eigenvalue weighted by Gasteiger charge is 2.20. The van der Waals surface area contributed by atoms with E-state index in [0.29, 0.717) is 0 Å². The lowest BCUT2D eigenvalue weighted by molar-refractivity contribution is -0.389. The molecule has 0 spiro atoms. The lowest BCUT2D eigenvalue weighted by atomic mass is 10.0. The molecule has 0 bridgehead atoms. The number of aromatic nitrogens is 1. The van der Waals surface area contributed by atoms with Crippen molar-refractivity contribution in [3.8, 4) is 0 Å². The molecule has 0 amide bonds. The van der Waals surface area contributed by atoms with Gasteiger partial charge in [0.15, 0.2) is 0 Å². The summed E-state index contributed by atoms with van der Waals surface area (Å²) >= 11 is 0. The maximum atomic E-state index is 10.4. The van der Waals surface area contributed by atoms with E-state index in [1.165, 1.54) is 6.07 Å². The highest BCUT2D eigenvalue weighted by Crippen LogP contribution is 2.19. The summed E-state index contributed by atoms with van der Waals surface area (Å²) in [6.07, 6.45) is -1.15. The summed E-state index contributed by atoms with van der Waals surface area (Å²) in [5.74, 6) is -0.338. The first kappa shape index (κ1) is 13.8.